The molecule has 24 heavy (non-hydrogen) atoms. The number of rotatable bonds is 1. The first kappa shape index (κ1) is 16.7. The van der Waals surface area contributed by atoms with Crippen LogP contribution in [0.5, 0.6) is 0 Å². The van der Waals surface area contributed by atoms with E-state index in [0.29, 0.717) is 13.0 Å². The lowest BCUT2D eigenvalue weighted by atomic mass is 10.0. The smallest absolute Gasteiger partial charge is 0.374 e. The molecule has 0 aliphatic carbocycles. The van der Waals surface area contributed by atoms with Crippen molar-refractivity contribution in [2.24, 2.45) is 0 Å². The second kappa shape index (κ2) is 4.71. The van der Waals surface area contributed by atoms with Crippen LogP contribution in [0.1, 0.15) is 31.4 Å². The summed E-state index contributed by atoms with van der Waals surface area (Å²) >= 11 is 0. The third-order valence-corrected chi connectivity index (χ3v) is 3.86. The molecule has 0 bridgehead atoms. The Labute approximate surface area is 130 Å². The second-order valence-corrected chi connectivity index (χ2v) is 5.73. The summed E-state index contributed by atoms with van der Waals surface area (Å²) in [6.07, 6.45) is -9.72. The number of halogens is 6. The van der Waals surface area contributed by atoms with Crippen molar-refractivity contribution in [1.29, 1.82) is 0 Å². The molecule has 1 aliphatic heterocycles. The summed E-state index contributed by atoms with van der Waals surface area (Å²) in [5, 5.41) is 20.2. The van der Waals surface area contributed by atoms with Crippen LogP contribution in [0.3, 0.4) is 0 Å². The van der Waals surface area contributed by atoms with Crippen LogP contribution in [0.4, 0.5) is 26.3 Å². The quantitative estimate of drug-likeness (QED) is 0.798. The second-order valence-electron chi connectivity index (χ2n) is 5.73. The van der Waals surface area contributed by atoms with Gasteiger partial charge in [-0.15, -0.1) is 10.2 Å². The molecule has 1 aliphatic rings. The number of hydrogen-bond donors (Lipinski definition) is 1. The minimum Gasteiger partial charge on any atom is -0.374 e. The molecule has 0 amide bonds. The van der Waals surface area contributed by atoms with E-state index >= 15 is 0 Å². The predicted octanol–water partition coefficient (Wildman–Crippen LogP) is 2.50. The van der Waals surface area contributed by atoms with E-state index in [2.05, 4.69) is 15.3 Å². The van der Waals surface area contributed by atoms with E-state index in [0.717, 1.165) is 9.25 Å². The minimum absolute atomic E-state index is 0.114. The molecular formula is C12H11F6N5O. The van der Waals surface area contributed by atoms with Gasteiger partial charge in [-0.2, -0.15) is 31.4 Å². The van der Waals surface area contributed by atoms with Gasteiger partial charge in [0.2, 0.25) is 5.60 Å². The number of aromatic nitrogens is 5. The summed E-state index contributed by atoms with van der Waals surface area (Å²) in [6.45, 7) is 1.88. The Balaban J connectivity index is 2.18. The van der Waals surface area contributed by atoms with E-state index in [9.17, 15) is 31.4 Å². The van der Waals surface area contributed by atoms with Crippen LogP contribution in [0, 0.1) is 0 Å². The lowest BCUT2D eigenvalue weighted by molar-refractivity contribution is -0.263. The van der Waals surface area contributed by atoms with Crippen molar-refractivity contribution < 1.29 is 31.4 Å². The highest BCUT2D eigenvalue weighted by atomic mass is 19.4. The van der Waals surface area contributed by atoms with Crippen LogP contribution in [-0.2, 0) is 18.3 Å². The molecule has 6 nitrogen and oxygen atoms in total. The molecule has 0 spiro atoms. The van der Waals surface area contributed by atoms with Crippen LogP contribution < -0.4 is 0 Å². The van der Waals surface area contributed by atoms with Gasteiger partial charge in [-0.1, -0.05) is 0 Å². The van der Waals surface area contributed by atoms with E-state index in [1.807, 2.05) is 0 Å². The molecular weight excluding hydrogens is 344 g/mol. The SMILES string of the molecule is C[C@H]1Cn2nc(C(F)(F)F)cc2-c2nnc([C@@](C)(O)C(F)(F)F)n21. The lowest BCUT2D eigenvalue weighted by Crippen LogP contribution is -2.42. The van der Waals surface area contributed by atoms with Crippen molar-refractivity contribution in [3.8, 4) is 11.5 Å². The van der Waals surface area contributed by atoms with E-state index < -0.39 is 35.5 Å². The summed E-state index contributed by atoms with van der Waals surface area (Å²) < 4.78 is 79.5. The Morgan fingerprint density at radius 1 is 1.17 bits per heavy atom. The van der Waals surface area contributed by atoms with Gasteiger partial charge in [0.05, 0.1) is 12.6 Å². The van der Waals surface area contributed by atoms with E-state index in [-0.39, 0.29) is 18.1 Å². The summed E-state index contributed by atoms with van der Waals surface area (Å²) in [7, 11) is 0. The van der Waals surface area contributed by atoms with Crippen molar-refractivity contribution in [3.63, 3.8) is 0 Å². The molecule has 132 valence electrons. The number of alkyl halides is 6. The maximum Gasteiger partial charge on any atom is 0.435 e. The first-order valence-electron chi connectivity index (χ1n) is 6.74. The minimum atomic E-state index is -5.02. The molecule has 3 rings (SSSR count). The van der Waals surface area contributed by atoms with Gasteiger partial charge in [0, 0.05) is 0 Å². The van der Waals surface area contributed by atoms with Crippen LogP contribution in [-0.4, -0.2) is 35.8 Å². The molecule has 1 N–H and O–H groups in total. The summed E-state index contributed by atoms with van der Waals surface area (Å²) in [5.74, 6) is -0.991. The number of fused-ring (bicyclic) bond motifs is 3. The highest BCUT2D eigenvalue weighted by Gasteiger charge is 2.55. The molecule has 0 fully saturated rings. The van der Waals surface area contributed by atoms with Crippen LogP contribution in [0.15, 0.2) is 6.07 Å². The standard InChI is InChI=1S/C12H11F6N5O/c1-5-4-22-6(3-7(21-22)11(13,14)15)8-19-20-9(23(5)8)10(2,24)12(16,17)18/h3,5,24H,4H2,1-2H3/t5-,10+/m0/s1. The van der Waals surface area contributed by atoms with Crippen molar-refractivity contribution in [1.82, 2.24) is 24.5 Å². The Bertz CT molecular complexity index is 787. The topological polar surface area (TPSA) is 68.8 Å². The zero-order valence-electron chi connectivity index (χ0n) is 12.3. The largest absolute Gasteiger partial charge is 0.435 e. The fourth-order valence-corrected chi connectivity index (χ4v) is 2.55. The number of nitrogens with zero attached hydrogens (tertiary/aromatic N) is 5. The Morgan fingerprint density at radius 3 is 2.33 bits per heavy atom. The fourth-order valence-electron chi connectivity index (χ4n) is 2.55. The molecule has 12 heteroatoms. The van der Waals surface area contributed by atoms with E-state index in [1.165, 1.54) is 6.92 Å². The van der Waals surface area contributed by atoms with Gasteiger partial charge < -0.3 is 9.67 Å². The Hall–Kier alpha value is -2.11. The molecule has 3 heterocycles. The fraction of sp³-hybridized carbons (Fsp3) is 0.583. The zero-order valence-corrected chi connectivity index (χ0v) is 12.3. The first-order chi connectivity index (χ1) is 10.8. The summed E-state index contributed by atoms with van der Waals surface area (Å²) in [4.78, 5) is 0. The zero-order chi connectivity index (χ0) is 18.1. The van der Waals surface area contributed by atoms with E-state index in [1.54, 1.807) is 0 Å². The summed E-state index contributed by atoms with van der Waals surface area (Å²) in [6, 6.07) is -0.0364. The number of hydrogen-bond acceptors (Lipinski definition) is 4. The molecule has 0 aromatic carbocycles. The van der Waals surface area contributed by atoms with Gasteiger partial charge >= 0.3 is 12.4 Å². The molecule has 2 aromatic heterocycles. The van der Waals surface area contributed by atoms with Gasteiger partial charge in [-0.25, -0.2) is 0 Å². The number of aliphatic hydroxyl groups is 1. The van der Waals surface area contributed by atoms with E-state index in [4.69, 9.17) is 0 Å². The van der Waals surface area contributed by atoms with Crippen LogP contribution in [0.25, 0.3) is 11.5 Å². The summed E-state index contributed by atoms with van der Waals surface area (Å²) in [5.41, 5.74) is -4.58. The van der Waals surface area contributed by atoms with Gasteiger partial charge in [0.15, 0.2) is 17.3 Å². The molecule has 2 aromatic rings. The van der Waals surface area contributed by atoms with Crippen LogP contribution >= 0.6 is 0 Å². The highest BCUT2D eigenvalue weighted by Crippen LogP contribution is 2.42. The maximum absolute atomic E-state index is 13.1. The third-order valence-electron chi connectivity index (χ3n) is 3.86. The molecule has 0 saturated heterocycles. The predicted molar refractivity (Wildman–Crippen MR) is 66.6 cm³/mol. The lowest BCUT2D eigenvalue weighted by Gasteiger charge is -2.30. The Kier molecular flexibility index (Phi) is 3.28. The van der Waals surface area contributed by atoms with Crippen molar-refractivity contribution >= 4 is 0 Å². The molecule has 2 atom stereocenters. The van der Waals surface area contributed by atoms with Crippen LogP contribution in [0.2, 0.25) is 0 Å². The van der Waals surface area contributed by atoms with Gasteiger partial charge in [-0.05, 0) is 19.9 Å². The van der Waals surface area contributed by atoms with Gasteiger partial charge in [-0.3, -0.25) is 4.68 Å². The first-order valence-corrected chi connectivity index (χ1v) is 6.74. The highest BCUT2D eigenvalue weighted by molar-refractivity contribution is 5.53. The van der Waals surface area contributed by atoms with Gasteiger partial charge in [0.1, 0.15) is 5.69 Å². The average Bonchev–Trinajstić information content (AvgIpc) is 2.99. The normalized spacial score (nSPS) is 20.5. The third kappa shape index (κ3) is 2.27. The molecule has 0 radical (unpaired) electrons. The Morgan fingerprint density at radius 2 is 1.79 bits per heavy atom. The van der Waals surface area contributed by atoms with Gasteiger partial charge in [0.25, 0.3) is 0 Å². The van der Waals surface area contributed by atoms with Crippen molar-refractivity contribution in [2.75, 3.05) is 0 Å². The molecule has 0 unspecified atom stereocenters. The molecule has 0 saturated carbocycles. The van der Waals surface area contributed by atoms with Crippen molar-refractivity contribution in [2.45, 2.75) is 44.4 Å². The maximum atomic E-state index is 13.1. The average molecular weight is 355 g/mol. The van der Waals surface area contributed by atoms with Crippen molar-refractivity contribution in [3.05, 3.63) is 17.6 Å². The monoisotopic (exact) mass is 355 g/mol.